The summed E-state index contributed by atoms with van der Waals surface area (Å²) in [5, 5.41) is 5.17. The van der Waals surface area contributed by atoms with Crippen molar-refractivity contribution < 1.29 is 14.3 Å². The van der Waals surface area contributed by atoms with E-state index in [1.54, 1.807) is 19.2 Å². The summed E-state index contributed by atoms with van der Waals surface area (Å²) in [6, 6.07) is 3.41. The van der Waals surface area contributed by atoms with E-state index in [-0.39, 0.29) is 12.0 Å². The van der Waals surface area contributed by atoms with Crippen LogP contribution < -0.4 is 10.1 Å². The molecule has 0 saturated heterocycles. The molecule has 0 aliphatic carbocycles. The number of amides is 1. The monoisotopic (exact) mass is 321 g/mol. The fourth-order valence-electron chi connectivity index (χ4n) is 1.89. The summed E-state index contributed by atoms with van der Waals surface area (Å²) in [6.45, 7) is 6.07. The first-order valence-corrected chi connectivity index (χ1v) is 7.73. The number of carbonyl (C=O) groups is 1. The van der Waals surface area contributed by atoms with Gasteiger partial charge in [0.1, 0.15) is 17.5 Å². The van der Waals surface area contributed by atoms with Crippen molar-refractivity contribution in [1.29, 1.82) is 0 Å². The number of nitrogens with one attached hydrogen (secondary N) is 1. The summed E-state index contributed by atoms with van der Waals surface area (Å²) in [4.78, 5) is 20.7. The molecule has 0 aliphatic rings. The van der Waals surface area contributed by atoms with Crippen LogP contribution in [0.4, 0.5) is 5.13 Å². The summed E-state index contributed by atoms with van der Waals surface area (Å²) in [5.74, 6) is 0.291. The quantitative estimate of drug-likeness (QED) is 0.885. The van der Waals surface area contributed by atoms with E-state index in [9.17, 15) is 4.79 Å². The number of aromatic nitrogens is 2. The topological polar surface area (TPSA) is 73.3 Å². The molecule has 0 unspecified atom stereocenters. The minimum atomic E-state index is -0.303. The Bertz CT molecular complexity index is 657. The van der Waals surface area contributed by atoms with Crippen LogP contribution in [0.1, 0.15) is 28.8 Å². The van der Waals surface area contributed by atoms with Gasteiger partial charge in [0.15, 0.2) is 5.13 Å². The molecule has 0 saturated carbocycles. The zero-order chi connectivity index (χ0) is 16.1. The van der Waals surface area contributed by atoms with Crippen molar-refractivity contribution >= 4 is 22.4 Å². The molecule has 2 aromatic rings. The molecule has 1 amide bonds. The molecular weight excluding hydrogens is 302 g/mol. The van der Waals surface area contributed by atoms with Crippen LogP contribution in [0.25, 0.3) is 0 Å². The fraction of sp³-hybridized carbons (Fsp3) is 0.400. The second-order valence-corrected chi connectivity index (χ2v) is 5.82. The first kappa shape index (κ1) is 16.4. The van der Waals surface area contributed by atoms with Crippen molar-refractivity contribution in [3.63, 3.8) is 0 Å². The Labute approximate surface area is 133 Å². The van der Waals surface area contributed by atoms with Crippen molar-refractivity contribution in [2.45, 2.75) is 26.9 Å². The minimum Gasteiger partial charge on any atom is -0.488 e. The van der Waals surface area contributed by atoms with E-state index >= 15 is 0 Å². The Kier molecular flexibility index (Phi) is 5.46. The SMILES string of the molecule is COC[C@H](C)Oc1cc(C)nc(C(=O)Nc2nc(C)cs2)c1. The molecule has 118 valence electrons. The number of carbonyl (C=O) groups excluding carboxylic acids is 1. The van der Waals surface area contributed by atoms with E-state index in [2.05, 4.69) is 15.3 Å². The van der Waals surface area contributed by atoms with Crippen molar-refractivity contribution in [1.82, 2.24) is 9.97 Å². The predicted octanol–water partition coefficient (Wildman–Crippen LogP) is 2.82. The van der Waals surface area contributed by atoms with E-state index in [1.165, 1.54) is 11.3 Å². The lowest BCUT2D eigenvalue weighted by Crippen LogP contribution is -2.19. The van der Waals surface area contributed by atoms with Gasteiger partial charge in [-0.05, 0) is 20.8 Å². The van der Waals surface area contributed by atoms with E-state index in [4.69, 9.17) is 9.47 Å². The average molecular weight is 321 g/mol. The number of rotatable bonds is 6. The fourth-order valence-corrected chi connectivity index (χ4v) is 2.58. The standard InChI is InChI=1S/C15H19N3O3S/c1-9-5-12(21-11(3)7-20-4)6-13(16-9)14(19)18-15-17-10(2)8-22-15/h5-6,8,11H,7H2,1-4H3,(H,17,18,19)/t11-/m0/s1. The maximum atomic E-state index is 12.3. The van der Waals surface area contributed by atoms with Gasteiger partial charge in [0.05, 0.1) is 12.3 Å². The highest BCUT2D eigenvalue weighted by Gasteiger charge is 2.13. The zero-order valence-electron chi connectivity index (χ0n) is 13.0. The minimum absolute atomic E-state index is 0.107. The van der Waals surface area contributed by atoms with Gasteiger partial charge in [-0.3, -0.25) is 10.1 Å². The first-order valence-electron chi connectivity index (χ1n) is 6.85. The molecule has 0 fully saturated rings. The Morgan fingerprint density at radius 3 is 2.73 bits per heavy atom. The number of thiazole rings is 1. The van der Waals surface area contributed by atoms with Crippen LogP contribution in [-0.4, -0.2) is 35.7 Å². The van der Waals surface area contributed by atoms with E-state index in [1.807, 2.05) is 26.2 Å². The molecule has 22 heavy (non-hydrogen) atoms. The van der Waals surface area contributed by atoms with E-state index < -0.39 is 0 Å². The van der Waals surface area contributed by atoms with Crippen LogP contribution in [0, 0.1) is 13.8 Å². The van der Waals surface area contributed by atoms with Crippen molar-refractivity contribution in [3.8, 4) is 5.75 Å². The van der Waals surface area contributed by atoms with Crippen molar-refractivity contribution in [3.05, 3.63) is 34.6 Å². The number of anilines is 1. The maximum Gasteiger partial charge on any atom is 0.276 e. The lowest BCUT2D eigenvalue weighted by atomic mass is 10.2. The number of pyridine rings is 1. The third kappa shape index (κ3) is 4.51. The average Bonchev–Trinajstić information content (AvgIpc) is 2.83. The highest BCUT2D eigenvalue weighted by molar-refractivity contribution is 7.13. The first-order chi connectivity index (χ1) is 10.5. The Morgan fingerprint density at radius 2 is 2.09 bits per heavy atom. The summed E-state index contributed by atoms with van der Waals surface area (Å²) >= 11 is 1.38. The summed E-state index contributed by atoms with van der Waals surface area (Å²) in [6.07, 6.45) is -0.107. The molecule has 1 N–H and O–H groups in total. The molecule has 1 atom stereocenters. The maximum absolute atomic E-state index is 12.3. The molecule has 6 nitrogen and oxygen atoms in total. The van der Waals surface area contributed by atoms with Gasteiger partial charge >= 0.3 is 0 Å². The van der Waals surface area contributed by atoms with Gasteiger partial charge in [-0.2, -0.15) is 0 Å². The van der Waals surface area contributed by atoms with E-state index in [0.29, 0.717) is 28.9 Å². The van der Waals surface area contributed by atoms with Gasteiger partial charge in [0, 0.05) is 30.3 Å². The van der Waals surface area contributed by atoms with Gasteiger partial charge in [0.2, 0.25) is 0 Å². The highest BCUT2D eigenvalue weighted by Crippen LogP contribution is 2.19. The molecular formula is C15H19N3O3S. The third-order valence-corrected chi connectivity index (χ3v) is 3.61. The molecule has 2 heterocycles. The summed E-state index contributed by atoms with van der Waals surface area (Å²) in [7, 11) is 1.62. The smallest absolute Gasteiger partial charge is 0.276 e. The number of nitrogens with zero attached hydrogens (tertiary/aromatic N) is 2. The lowest BCUT2D eigenvalue weighted by molar-refractivity contribution is 0.0915. The van der Waals surface area contributed by atoms with Gasteiger partial charge in [0.25, 0.3) is 5.91 Å². The molecule has 2 aromatic heterocycles. The van der Waals surface area contributed by atoms with E-state index in [0.717, 1.165) is 5.69 Å². The number of methoxy groups -OCH3 is 1. The van der Waals surface area contributed by atoms with Gasteiger partial charge in [-0.25, -0.2) is 9.97 Å². The molecule has 2 rings (SSSR count). The number of ether oxygens (including phenoxy) is 2. The van der Waals surface area contributed by atoms with Gasteiger partial charge in [-0.15, -0.1) is 11.3 Å². The van der Waals surface area contributed by atoms with Crippen LogP contribution in [0.3, 0.4) is 0 Å². The van der Waals surface area contributed by atoms with Crippen LogP contribution in [0.15, 0.2) is 17.5 Å². The Balaban J connectivity index is 2.12. The number of hydrogen-bond acceptors (Lipinski definition) is 6. The van der Waals surface area contributed by atoms with Gasteiger partial charge < -0.3 is 9.47 Å². The van der Waals surface area contributed by atoms with Gasteiger partial charge in [-0.1, -0.05) is 0 Å². The van der Waals surface area contributed by atoms with Crippen LogP contribution in [0.5, 0.6) is 5.75 Å². The van der Waals surface area contributed by atoms with Crippen LogP contribution in [-0.2, 0) is 4.74 Å². The molecule has 0 spiro atoms. The van der Waals surface area contributed by atoms with Crippen LogP contribution >= 0.6 is 11.3 Å². The zero-order valence-corrected chi connectivity index (χ0v) is 13.9. The Morgan fingerprint density at radius 1 is 1.32 bits per heavy atom. The Hall–Kier alpha value is -1.99. The normalized spacial score (nSPS) is 12.0. The molecule has 0 aromatic carbocycles. The van der Waals surface area contributed by atoms with Crippen LogP contribution in [0.2, 0.25) is 0 Å². The highest BCUT2D eigenvalue weighted by atomic mass is 32.1. The predicted molar refractivity (Wildman–Crippen MR) is 85.7 cm³/mol. The number of hydrogen-bond donors (Lipinski definition) is 1. The third-order valence-electron chi connectivity index (χ3n) is 2.74. The molecule has 0 aliphatic heterocycles. The lowest BCUT2D eigenvalue weighted by Gasteiger charge is -2.14. The van der Waals surface area contributed by atoms with Crippen molar-refractivity contribution in [2.24, 2.45) is 0 Å². The second-order valence-electron chi connectivity index (χ2n) is 4.96. The molecule has 0 bridgehead atoms. The number of aryl methyl sites for hydroxylation is 2. The largest absolute Gasteiger partial charge is 0.488 e. The second kappa shape index (κ2) is 7.33. The summed E-state index contributed by atoms with van der Waals surface area (Å²) in [5.41, 5.74) is 1.88. The molecule has 7 heteroatoms. The van der Waals surface area contributed by atoms with Crippen molar-refractivity contribution in [2.75, 3.05) is 19.0 Å². The molecule has 0 radical (unpaired) electrons. The summed E-state index contributed by atoms with van der Waals surface area (Å²) < 4.78 is 10.8.